The molecular weight excluding hydrogens is 224 g/mol. The number of benzene rings is 1. The molecule has 0 amide bonds. The molecule has 3 nitrogen and oxygen atoms in total. The van der Waals surface area contributed by atoms with Gasteiger partial charge in [0, 0.05) is 12.4 Å². The number of hydrogen-bond donors (Lipinski definition) is 0. The number of rotatable bonds is 3. The molecule has 0 aliphatic heterocycles. The van der Waals surface area contributed by atoms with Crippen LogP contribution in [0.3, 0.4) is 0 Å². The maximum absolute atomic E-state index is 8.90. The highest BCUT2D eigenvalue weighted by molar-refractivity contribution is 5.62. The first-order valence-corrected chi connectivity index (χ1v) is 5.71. The molecule has 0 saturated heterocycles. The molecular formula is C15H14N2O. The number of pyridine rings is 1. The summed E-state index contributed by atoms with van der Waals surface area (Å²) in [4.78, 5) is 4.08. The summed E-state index contributed by atoms with van der Waals surface area (Å²) in [5.41, 5.74) is 1.32. The minimum Gasteiger partial charge on any atom is -0.473 e. The van der Waals surface area contributed by atoms with Gasteiger partial charge in [-0.05, 0) is 43.2 Å². The van der Waals surface area contributed by atoms with Crippen LogP contribution in [-0.4, -0.2) is 10.6 Å². The van der Waals surface area contributed by atoms with E-state index in [1.165, 1.54) is 0 Å². The van der Waals surface area contributed by atoms with Crippen LogP contribution >= 0.6 is 0 Å². The van der Waals surface area contributed by atoms with Gasteiger partial charge in [-0.1, -0.05) is 18.2 Å². The average molecular weight is 238 g/mol. The largest absolute Gasteiger partial charge is 0.473 e. The van der Waals surface area contributed by atoms with Crippen molar-refractivity contribution in [2.75, 3.05) is 0 Å². The van der Waals surface area contributed by atoms with Crippen LogP contribution < -0.4 is 4.74 Å². The predicted molar refractivity (Wildman–Crippen MR) is 70.0 cm³/mol. The molecule has 0 spiro atoms. The van der Waals surface area contributed by atoms with Crippen molar-refractivity contribution in [3.8, 4) is 22.9 Å². The zero-order chi connectivity index (χ0) is 13.0. The lowest BCUT2D eigenvalue weighted by Gasteiger charge is -2.18. The van der Waals surface area contributed by atoms with Crippen LogP contribution in [-0.2, 0) is 0 Å². The molecule has 0 fully saturated rings. The van der Waals surface area contributed by atoms with Crippen molar-refractivity contribution in [3.05, 3.63) is 48.8 Å². The molecule has 0 saturated carbocycles. The second-order valence-electron chi connectivity index (χ2n) is 4.49. The van der Waals surface area contributed by atoms with E-state index in [0.717, 1.165) is 11.1 Å². The molecule has 0 aliphatic carbocycles. The lowest BCUT2D eigenvalue weighted by atomic mass is 10.1. The standard InChI is InChI=1S/C15H14N2O/c1-15(2,11-16)18-14-7-5-12(6-8-14)13-4-3-9-17-10-13/h3-10H,1-2H3. The van der Waals surface area contributed by atoms with Crippen LogP contribution in [0.5, 0.6) is 5.75 Å². The summed E-state index contributed by atoms with van der Waals surface area (Å²) in [5, 5.41) is 8.90. The first-order valence-electron chi connectivity index (χ1n) is 5.71. The highest BCUT2D eigenvalue weighted by atomic mass is 16.5. The third-order valence-corrected chi connectivity index (χ3v) is 2.49. The predicted octanol–water partition coefficient (Wildman–Crippen LogP) is 3.43. The van der Waals surface area contributed by atoms with Gasteiger partial charge in [-0.15, -0.1) is 0 Å². The smallest absolute Gasteiger partial charge is 0.188 e. The van der Waals surface area contributed by atoms with Crippen LogP contribution in [0.4, 0.5) is 0 Å². The van der Waals surface area contributed by atoms with E-state index in [-0.39, 0.29) is 0 Å². The molecule has 1 heterocycles. The van der Waals surface area contributed by atoms with Gasteiger partial charge in [-0.2, -0.15) is 5.26 Å². The molecule has 0 radical (unpaired) electrons. The Labute approximate surface area is 107 Å². The highest BCUT2D eigenvalue weighted by Gasteiger charge is 2.18. The second kappa shape index (κ2) is 4.89. The molecule has 1 aromatic carbocycles. The molecule has 0 aliphatic rings. The molecule has 3 heteroatoms. The quantitative estimate of drug-likeness (QED) is 0.823. The van der Waals surface area contributed by atoms with E-state index in [1.807, 2.05) is 42.6 Å². The van der Waals surface area contributed by atoms with Crippen molar-refractivity contribution in [1.82, 2.24) is 4.98 Å². The Kier molecular flexibility index (Phi) is 3.29. The lowest BCUT2D eigenvalue weighted by molar-refractivity contribution is 0.170. The Hall–Kier alpha value is -2.34. The summed E-state index contributed by atoms with van der Waals surface area (Å²) in [6.45, 7) is 3.48. The van der Waals surface area contributed by atoms with Crippen LogP contribution in [0, 0.1) is 11.3 Å². The van der Waals surface area contributed by atoms with Gasteiger partial charge in [0.1, 0.15) is 11.8 Å². The zero-order valence-corrected chi connectivity index (χ0v) is 10.4. The van der Waals surface area contributed by atoms with Crippen LogP contribution in [0.25, 0.3) is 11.1 Å². The molecule has 0 N–H and O–H groups in total. The molecule has 2 aromatic rings. The van der Waals surface area contributed by atoms with Gasteiger partial charge in [-0.25, -0.2) is 0 Å². The molecule has 90 valence electrons. The molecule has 0 atom stereocenters. The lowest BCUT2D eigenvalue weighted by Crippen LogP contribution is -2.25. The SMILES string of the molecule is CC(C)(C#N)Oc1ccc(-c2cccnc2)cc1. The van der Waals surface area contributed by atoms with E-state index >= 15 is 0 Å². The Bertz CT molecular complexity index is 553. The first-order chi connectivity index (χ1) is 8.61. The number of nitriles is 1. The highest BCUT2D eigenvalue weighted by Crippen LogP contribution is 2.23. The normalized spacial score (nSPS) is 10.7. The third kappa shape index (κ3) is 2.86. The van der Waals surface area contributed by atoms with Crippen molar-refractivity contribution in [2.45, 2.75) is 19.4 Å². The fourth-order valence-electron chi connectivity index (χ4n) is 1.57. The maximum Gasteiger partial charge on any atom is 0.188 e. The Morgan fingerprint density at radius 1 is 1.11 bits per heavy atom. The summed E-state index contributed by atoms with van der Waals surface area (Å²) >= 11 is 0. The van der Waals surface area contributed by atoms with Crippen LogP contribution in [0.15, 0.2) is 48.8 Å². The molecule has 2 rings (SSSR count). The molecule has 0 unspecified atom stereocenters. The van der Waals surface area contributed by atoms with Crippen molar-refractivity contribution < 1.29 is 4.74 Å². The van der Waals surface area contributed by atoms with Crippen molar-refractivity contribution in [1.29, 1.82) is 5.26 Å². The van der Waals surface area contributed by atoms with Crippen molar-refractivity contribution in [3.63, 3.8) is 0 Å². The summed E-state index contributed by atoms with van der Waals surface area (Å²) in [6.07, 6.45) is 3.56. The van der Waals surface area contributed by atoms with E-state index in [0.29, 0.717) is 5.75 Å². The van der Waals surface area contributed by atoms with Crippen molar-refractivity contribution >= 4 is 0 Å². The molecule has 18 heavy (non-hydrogen) atoms. The van der Waals surface area contributed by atoms with Crippen LogP contribution in [0.1, 0.15) is 13.8 Å². The fraction of sp³-hybridized carbons (Fsp3) is 0.200. The monoisotopic (exact) mass is 238 g/mol. The number of nitrogens with zero attached hydrogens (tertiary/aromatic N) is 2. The fourth-order valence-corrected chi connectivity index (χ4v) is 1.57. The topological polar surface area (TPSA) is 45.9 Å². The molecule has 1 aromatic heterocycles. The maximum atomic E-state index is 8.90. The Balaban J connectivity index is 2.19. The van der Waals surface area contributed by atoms with E-state index < -0.39 is 5.60 Å². The minimum absolute atomic E-state index is 0.689. The summed E-state index contributed by atoms with van der Waals surface area (Å²) in [5.74, 6) is 0.689. The van der Waals surface area contributed by atoms with Gasteiger partial charge in [0.25, 0.3) is 0 Å². The number of aromatic nitrogens is 1. The minimum atomic E-state index is -0.810. The van der Waals surface area contributed by atoms with Crippen LogP contribution in [0.2, 0.25) is 0 Å². The second-order valence-corrected chi connectivity index (χ2v) is 4.49. The zero-order valence-electron chi connectivity index (χ0n) is 10.4. The van der Waals surface area contributed by atoms with Gasteiger partial charge < -0.3 is 4.74 Å². The summed E-state index contributed by atoms with van der Waals surface area (Å²) < 4.78 is 5.57. The van der Waals surface area contributed by atoms with E-state index in [2.05, 4.69) is 11.1 Å². The Morgan fingerprint density at radius 3 is 2.39 bits per heavy atom. The first kappa shape index (κ1) is 12.1. The van der Waals surface area contributed by atoms with Gasteiger partial charge in [0.05, 0.1) is 0 Å². The van der Waals surface area contributed by atoms with Gasteiger partial charge in [-0.3, -0.25) is 4.98 Å². The van der Waals surface area contributed by atoms with E-state index in [4.69, 9.17) is 10.00 Å². The van der Waals surface area contributed by atoms with Gasteiger partial charge >= 0.3 is 0 Å². The third-order valence-electron chi connectivity index (χ3n) is 2.49. The number of ether oxygens (including phenoxy) is 1. The number of hydrogen-bond acceptors (Lipinski definition) is 3. The van der Waals surface area contributed by atoms with E-state index in [9.17, 15) is 0 Å². The van der Waals surface area contributed by atoms with Crippen molar-refractivity contribution in [2.24, 2.45) is 0 Å². The van der Waals surface area contributed by atoms with E-state index in [1.54, 1.807) is 20.0 Å². The van der Waals surface area contributed by atoms with Gasteiger partial charge in [0.15, 0.2) is 5.60 Å². The molecule has 0 bridgehead atoms. The summed E-state index contributed by atoms with van der Waals surface area (Å²) in [6, 6.07) is 13.6. The Morgan fingerprint density at radius 2 is 1.83 bits per heavy atom. The van der Waals surface area contributed by atoms with Gasteiger partial charge in [0.2, 0.25) is 0 Å². The summed E-state index contributed by atoms with van der Waals surface area (Å²) in [7, 11) is 0. The average Bonchev–Trinajstić information content (AvgIpc) is 2.40.